The third-order valence-electron chi connectivity index (χ3n) is 4.49. The zero-order chi connectivity index (χ0) is 12.8. The predicted molar refractivity (Wildman–Crippen MR) is 75.2 cm³/mol. The van der Waals surface area contributed by atoms with Crippen LogP contribution in [0.2, 0.25) is 0 Å². The molecule has 1 aromatic carbocycles. The molecule has 1 aromatic rings. The van der Waals surface area contributed by atoms with E-state index in [1.165, 1.54) is 29.8 Å². The Kier molecular flexibility index (Phi) is 2.95. The van der Waals surface area contributed by atoms with Gasteiger partial charge in [-0.3, -0.25) is 4.90 Å². The first-order valence-corrected chi connectivity index (χ1v) is 7.06. The number of nitrogens with one attached hydrogen (secondary N) is 1. The van der Waals surface area contributed by atoms with Crippen LogP contribution in [-0.2, 0) is 19.6 Å². The van der Waals surface area contributed by atoms with Gasteiger partial charge in [0.25, 0.3) is 0 Å². The van der Waals surface area contributed by atoms with Crippen molar-refractivity contribution >= 4 is 0 Å². The average molecular weight is 244 g/mol. The van der Waals surface area contributed by atoms with Crippen molar-refractivity contribution in [1.82, 2.24) is 10.2 Å². The number of fused-ring (bicyclic) bond motifs is 1. The average Bonchev–Trinajstić information content (AvgIpc) is 2.67. The van der Waals surface area contributed by atoms with Crippen LogP contribution < -0.4 is 5.32 Å². The molecule has 2 aliphatic heterocycles. The van der Waals surface area contributed by atoms with Gasteiger partial charge < -0.3 is 5.32 Å². The molecule has 18 heavy (non-hydrogen) atoms. The van der Waals surface area contributed by atoms with E-state index in [2.05, 4.69) is 49.2 Å². The lowest BCUT2D eigenvalue weighted by atomic mass is 9.76. The topological polar surface area (TPSA) is 15.3 Å². The number of hydrogen-bond donors (Lipinski definition) is 1. The summed E-state index contributed by atoms with van der Waals surface area (Å²) in [6.07, 6.45) is 0. The van der Waals surface area contributed by atoms with E-state index in [4.69, 9.17) is 0 Å². The van der Waals surface area contributed by atoms with E-state index in [0.29, 0.717) is 5.41 Å². The van der Waals surface area contributed by atoms with E-state index in [-0.39, 0.29) is 0 Å². The zero-order valence-corrected chi connectivity index (χ0v) is 11.8. The predicted octanol–water partition coefficient (Wildman–Crippen LogP) is 2.77. The maximum Gasteiger partial charge on any atom is 0.0234 e. The summed E-state index contributed by atoms with van der Waals surface area (Å²) < 4.78 is 0. The first-order chi connectivity index (χ1) is 8.52. The van der Waals surface area contributed by atoms with Crippen LogP contribution in [0.4, 0.5) is 0 Å². The lowest BCUT2D eigenvalue weighted by molar-refractivity contribution is 0.0189. The molecule has 0 bridgehead atoms. The van der Waals surface area contributed by atoms with Crippen molar-refractivity contribution in [2.45, 2.75) is 40.4 Å². The second-order valence-corrected chi connectivity index (χ2v) is 6.96. The highest BCUT2D eigenvalue weighted by Gasteiger charge is 2.35. The Bertz CT molecular complexity index is 439. The summed E-state index contributed by atoms with van der Waals surface area (Å²) in [5, 5.41) is 3.41. The lowest BCUT2D eigenvalue weighted by Crippen LogP contribution is -2.51. The van der Waals surface area contributed by atoms with Gasteiger partial charge in [-0.1, -0.05) is 39.0 Å². The van der Waals surface area contributed by atoms with E-state index in [9.17, 15) is 0 Å². The Morgan fingerprint density at radius 3 is 2.61 bits per heavy atom. The van der Waals surface area contributed by atoms with Gasteiger partial charge in [-0.05, 0) is 28.0 Å². The molecule has 0 aromatic heterocycles. The molecule has 2 aliphatic rings. The summed E-state index contributed by atoms with van der Waals surface area (Å²) in [6, 6.07) is 6.99. The highest BCUT2D eigenvalue weighted by atomic mass is 15.2. The Hall–Kier alpha value is -0.860. The molecule has 1 saturated heterocycles. The van der Waals surface area contributed by atoms with Crippen LogP contribution >= 0.6 is 0 Å². The molecule has 2 heteroatoms. The normalized spacial score (nSPS) is 20.8. The Morgan fingerprint density at radius 2 is 1.89 bits per heavy atom. The molecule has 0 spiro atoms. The third-order valence-corrected chi connectivity index (χ3v) is 4.49. The number of likely N-dealkylation sites (tertiary alicyclic amines) is 1. The fourth-order valence-corrected chi connectivity index (χ4v) is 2.95. The van der Waals surface area contributed by atoms with Crippen molar-refractivity contribution in [2.75, 3.05) is 13.1 Å². The van der Waals surface area contributed by atoms with Crippen LogP contribution in [0.25, 0.3) is 0 Å². The van der Waals surface area contributed by atoms with Gasteiger partial charge in [0.05, 0.1) is 0 Å². The molecule has 3 rings (SSSR count). The molecular formula is C16H24N2. The maximum atomic E-state index is 3.41. The van der Waals surface area contributed by atoms with Crippen molar-refractivity contribution in [2.24, 2.45) is 11.3 Å². The fourth-order valence-electron chi connectivity index (χ4n) is 2.95. The Morgan fingerprint density at radius 1 is 1.17 bits per heavy atom. The van der Waals surface area contributed by atoms with Crippen LogP contribution in [0.5, 0.6) is 0 Å². The lowest BCUT2D eigenvalue weighted by Gasteiger charge is -2.46. The van der Waals surface area contributed by atoms with Crippen molar-refractivity contribution in [1.29, 1.82) is 0 Å². The molecule has 0 radical (unpaired) electrons. The smallest absolute Gasteiger partial charge is 0.0234 e. The standard InChI is InChI=1S/C16H24N2/c1-16(2,3)15-10-18(11-15)9-12-4-5-13-7-17-8-14(13)6-12/h4-6,15,17H,7-11H2,1-3H3. The number of rotatable bonds is 2. The fraction of sp³-hybridized carbons (Fsp3) is 0.625. The molecule has 2 nitrogen and oxygen atoms in total. The SMILES string of the molecule is CC(C)(C)C1CN(Cc2ccc3c(c2)CNC3)C1. The molecule has 1 fully saturated rings. The number of hydrogen-bond acceptors (Lipinski definition) is 2. The minimum atomic E-state index is 0.471. The van der Waals surface area contributed by atoms with Gasteiger partial charge in [0.2, 0.25) is 0 Å². The van der Waals surface area contributed by atoms with Crippen LogP contribution in [-0.4, -0.2) is 18.0 Å². The highest BCUT2D eigenvalue weighted by Crippen LogP contribution is 2.34. The van der Waals surface area contributed by atoms with Gasteiger partial charge in [-0.25, -0.2) is 0 Å². The molecule has 0 atom stereocenters. The Labute approximate surface area is 110 Å². The van der Waals surface area contributed by atoms with Gasteiger partial charge in [-0.15, -0.1) is 0 Å². The molecule has 0 aliphatic carbocycles. The Balaban J connectivity index is 1.59. The quantitative estimate of drug-likeness (QED) is 0.860. The summed E-state index contributed by atoms with van der Waals surface area (Å²) in [5.41, 5.74) is 4.93. The minimum Gasteiger partial charge on any atom is -0.309 e. The van der Waals surface area contributed by atoms with Gasteiger partial charge >= 0.3 is 0 Å². The first-order valence-electron chi connectivity index (χ1n) is 7.06. The molecular weight excluding hydrogens is 220 g/mol. The van der Waals surface area contributed by atoms with Gasteiger partial charge in [0.15, 0.2) is 0 Å². The van der Waals surface area contributed by atoms with E-state index in [0.717, 1.165) is 25.6 Å². The molecule has 0 unspecified atom stereocenters. The highest BCUT2D eigenvalue weighted by molar-refractivity contribution is 5.34. The molecule has 1 N–H and O–H groups in total. The van der Waals surface area contributed by atoms with Crippen molar-refractivity contribution in [3.05, 3.63) is 34.9 Å². The number of benzene rings is 1. The maximum absolute atomic E-state index is 3.41. The van der Waals surface area contributed by atoms with Crippen LogP contribution in [0.3, 0.4) is 0 Å². The van der Waals surface area contributed by atoms with Gasteiger partial charge in [-0.2, -0.15) is 0 Å². The molecule has 2 heterocycles. The zero-order valence-electron chi connectivity index (χ0n) is 11.8. The summed E-state index contributed by atoms with van der Waals surface area (Å²) in [6.45, 7) is 12.8. The van der Waals surface area contributed by atoms with E-state index >= 15 is 0 Å². The number of nitrogens with zero attached hydrogens (tertiary/aromatic N) is 1. The van der Waals surface area contributed by atoms with Crippen LogP contribution in [0, 0.1) is 11.3 Å². The second-order valence-electron chi connectivity index (χ2n) is 6.96. The van der Waals surface area contributed by atoms with Gasteiger partial charge in [0, 0.05) is 32.7 Å². The second kappa shape index (κ2) is 4.36. The van der Waals surface area contributed by atoms with Crippen molar-refractivity contribution < 1.29 is 0 Å². The van der Waals surface area contributed by atoms with Crippen LogP contribution in [0.15, 0.2) is 18.2 Å². The van der Waals surface area contributed by atoms with Crippen molar-refractivity contribution in [3.8, 4) is 0 Å². The summed E-state index contributed by atoms with van der Waals surface area (Å²) >= 11 is 0. The molecule has 0 amide bonds. The minimum absolute atomic E-state index is 0.471. The molecule has 98 valence electrons. The molecule has 0 saturated carbocycles. The van der Waals surface area contributed by atoms with E-state index in [1.54, 1.807) is 0 Å². The van der Waals surface area contributed by atoms with E-state index in [1.807, 2.05) is 0 Å². The summed E-state index contributed by atoms with van der Waals surface area (Å²) in [7, 11) is 0. The summed E-state index contributed by atoms with van der Waals surface area (Å²) in [4.78, 5) is 2.57. The monoisotopic (exact) mass is 244 g/mol. The first kappa shape index (κ1) is 12.2. The third kappa shape index (κ3) is 2.32. The summed E-state index contributed by atoms with van der Waals surface area (Å²) in [5.74, 6) is 0.869. The van der Waals surface area contributed by atoms with E-state index < -0.39 is 0 Å². The largest absolute Gasteiger partial charge is 0.309 e. The van der Waals surface area contributed by atoms with Crippen LogP contribution in [0.1, 0.15) is 37.5 Å². The van der Waals surface area contributed by atoms with Crippen molar-refractivity contribution in [3.63, 3.8) is 0 Å². The van der Waals surface area contributed by atoms with Gasteiger partial charge in [0.1, 0.15) is 0 Å².